The van der Waals surface area contributed by atoms with E-state index in [0.717, 1.165) is 16.8 Å². The van der Waals surface area contributed by atoms with Crippen LogP contribution in [-0.4, -0.2) is 40.5 Å². The van der Waals surface area contributed by atoms with Crippen LogP contribution in [0.4, 0.5) is 32.4 Å². The molecular weight excluding hydrogens is 441 g/mol. The number of ether oxygens (including phenoxy) is 1. The molecule has 0 unspecified atom stereocenters. The summed E-state index contributed by atoms with van der Waals surface area (Å²) < 4.78 is 69.4. The van der Waals surface area contributed by atoms with Crippen molar-refractivity contribution in [2.45, 2.75) is 30.5 Å². The predicted molar refractivity (Wildman–Crippen MR) is 97.4 cm³/mol. The lowest BCUT2D eigenvalue weighted by molar-refractivity contribution is -0.276. The molecule has 0 bridgehead atoms. The van der Waals surface area contributed by atoms with E-state index in [1.807, 2.05) is 6.92 Å². The van der Waals surface area contributed by atoms with Crippen molar-refractivity contribution in [3.8, 4) is 11.4 Å². The van der Waals surface area contributed by atoms with E-state index in [4.69, 9.17) is 16.3 Å². The summed E-state index contributed by atoms with van der Waals surface area (Å²) in [6.07, 6.45) is -6.06. The number of aromatic nitrogens is 2. The fourth-order valence-electron chi connectivity index (χ4n) is 2.61. The van der Waals surface area contributed by atoms with Crippen LogP contribution >= 0.6 is 23.4 Å². The van der Waals surface area contributed by atoms with Crippen molar-refractivity contribution in [2.24, 2.45) is 0 Å². The molecule has 0 saturated carbocycles. The van der Waals surface area contributed by atoms with Crippen molar-refractivity contribution in [1.29, 1.82) is 0 Å². The Hall–Kier alpha value is -2.14. The summed E-state index contributed by atoms with van der Waals surface area (Å²) >= 11 is 7.43. The Labute approximate surface area is 171 Å². The molecule has 3 heterocycles. The molecular formula is C17H13ClF5N3O2S. The van der Waals surface area contributed by atoms with Gasteiger partial charge in [0.05, 0.1) is 17.6 Å². The fraction of sp³-hybridized carbons (Fsp3) is 0.353. The number of rotatable bonds is 5. The molecule has 0 spiro atoms. The quantitative estimate of drug-likeness (QED) is 0.337. The Morgan fingerprint density at radius 1 is 1.28 bits per heavy atom. The second-order valence-corrected chi connectivity index (χ2v) is 7.65. The summed E-state index contributed by atoms with van der Waals surface area (Å²) in [5.41, 5.74) is 0.793. The number of carbonyl (C=O) groups is 1. The van der Waals surface area contributed by atoms with Gasteiger partial charge in [-0.2, -0.15) is 22.0 Å². The van der Waals surface area contributed by atoms with E-state index >= 15 is 0 Å². The number of pyridine rings is 2. The highest BCUT2D eigenvalue weighted by atomic mass is 35.5. The zero-order valence-electron chi connectivity index (χ0n) is 14.8. The van der Waals surface area contributed by atoms with Gasteiger partial charge in [-0.3, -0.25) is 9.88 Å². The largest absolute Gasteiger partial charge is 0.455 e. The lowest BCUT2D eigenvalue weighted by atomic mass is 10.1. The first-order chi connectivity index (χ1) is 13.5. The Morgan fingerprint density at radius 3 is 2.66 bits per heavy atom. The number of anilines is 1. The van der Waals surface area contributed by atoms with Crippen LogP contribution < -0.4 is 4.90 Å². The fourth-order valence-corrected chi connectivity index (χ4v) is 3.52. The minimum Gasteiger partial charge on any atom is -0.444 e. The molecule has 5 nitrogen and oxygen atoms in total. The summed E-state index contributed by atoms with van der Waals surface area (Å²) in [7, 11) is 0. The Kier molecular flexibility index (Phi) is 5.91. The minimum atomic E-state index is -5.81. The first-order valence-corrected chi connectivity index (χ1v) is 9.57. The van der Waals surface area contributed by atoms with Crippen LogP contribution in [0.25, 0.3) is 11.4 Å². The van der Waals surface area contributed by atoms with Crippen molar-refractivity contribution in [3.05, 3.63) is 35.1 Å². The molecule has 156 valence electrons. The van der Waals surface area contributed by atoms with Crippen molar-refractivity contribution < 1.29 is 31.5 Å². The van der Waals surface area contributed by atoms with Gasteiger partial charge in [0.25, 0.3) is 0 Å². The van der Waals surface area contributed by atoms with Gasteiger partial charge in [0.2, 0.25) is 0 Å². The molecule has 0 atom stereocenters. The SMILES string of the molecule is CCSc1ccc(Cl)nc1-c1cc2c(cn1)N(CC(F)(F)C(F)(F)F)C(=O)OC2. The highest BCUT2D eigenvalue weighted by Gasteiger charge is 2.59. The summed E-state index contributed by atoms with van der Waals surface area (Å²) in [5.74, 6) is -4.38. The number of alkyl halides is 5. The highest BCUT2D eigenvalue weighted by molar-refractivity contribution is 7.99. The van der Waals surface area contributed by atoms with E-state index in [9.17, 15) is 26.7 Å². The average Bonchev–Trinajstić information content (AvgIpc) is 2.64. The zero-order chi connectivity index (χ0) is 21.4. The number of halogens is 6. The number of cyclic esters (lactones) is 1. The standard InChI is InChI=1S/C17H13ClF5N3O2S/c1-2-29-12-3-4-13(18)25-14(12)10-5-9-7-28-15(27)26(11(9)6-24-10)8-16(19,20)17(21,22)23/h3-6H,2,7-8H2,1H3. The lowest BCUT2D eigenvalue weighted by Gasteiger charge is -2.32. The third kappa shape index (κ3) is 4.40. The molecule has 2 aromatic heterocycles. The van der Waals surface area contributed by atoms with Crippen LogP contribution in [-0.2, 0) is 11.3 Å². The number of fused-ring (bicyclic) bond motifs is 1. The molecule has 12 heteroatoms. The number of hydrogen-bond donors (Lipinski definition) is 0. The Morgan fingerprint density at radius 2 is 2.00 bits per heavy atom. The van der Waals surface area contributed by atoms with E-state index < -0.39 is 24.7 Å². The maximum absolute atomic E-state index is 13.5. The number of amides is 1. The van der Waals surface area contributed by atoms with E-state index in [1.54, 1.807) is 12.1 Å². The zero-order valence-corrected chi connectivity index (χ0v) is 16.3. The third-order valence-electron chi connectivity index (χ3n) is 3.97. The summed E-state index contributed by atoms with van der Waals surface area (Å²) in [5, 5.41) is 0.206. The molecule has 0 radical (unpaired) electrons. The maximum Gasteiger partial charge on any atom is 0.455 e. The topological polar surface area (TPSA) is 55.3 Å². The number of carbonyl (C=O) groups excluding carboxylic acids is 1. The summed E-state index contributed by atoms with van der Waals surface area (Å²) in [6, 6.07) is 4.78. The van der Waals surface area contributed by atoms with Crippen molar-refractivity contribution >= 4 is 35.1 Å². The summed E-state index contributed by atoms with van der Waals surface area (Å²) in [6.45, 7) is -0.272. The van der Waals surface area contributed by atoms with E-state index in [1.165, 1.54) is 17.8 Å². The van der Waals surface area contributed by atoms with Gasteiger partial charge in [-0.05, 0) is 24.0 Å². The molecule has 0 aromatic carbocycles. The lowest BCUT2D eigenvalue weighted by Crippen LogP contribution is -2.50. The summed E-state index contributed by atoms with van der Waals surface area (Å²) in [4.78, 5) is 21.2. The van der Waals surface area contributed by atoms with E-state index in [0.29, 0.717) is 11.4 Å². The van der Waals surface area contributed by atoms with Gasteiger partial charge in [0.1, 0.15) is 24.0 Å². The Bertz CT molecular complexity index is 942. The highest BCUT2D eigenvalue weighted by Crippen LogP contribution is 2.39. The number of hydrogen-bond acceptors (Lipinski definition) is 5. The van der Waals surface area contributed by atoms with Gasteiger partial charge in [0, 0.05) is 10.5 Å². The number of thioether (sulfide) groups is 1. The van der Waals surface area contributed by atoms with Gasteiger partial charge in [-0.15, -0.1) is 11.8 Å². The molecule has 0 N–H and O–H groups in total. The first-order valence-electron chi connectivity index (χ1n) is 8.21. The number of nitrogens with zero attached hydrogens (tertiary/aromatic N) is 3. The van der Waals surface area contributed by atoms with Crippen LogP contribution in [0.15, 0.2) is 29.3 Å². The predicted octanol–water partition coefficient (Wildman–Crippen LogP) is 5.56. The van der Waals surface area contributed by atoms with Crippen molar-refractivity contribution in [3.63, 3.8) is 0 Å². The minimum absolute atomic E-state index is 0.180. The Balaban J connectivity index is 2.00. The van der Waals surface area contributed by atoms with Crippen LogP contribution in [0.2, 0.25) is 5.15 Å². The average molecular weight is 454 g/mol. The monoisotopic (exact) mass is 453 g/mol. The van der Waals surface area contributed by atoms with E-state index in [-0.39, 0.29) is 27.9 Å². The third-order valence-corrected chi connectivity index (χ3v) is 5.11. The first kappa shape index (κ1) is 21.6. The van der Waals surface area contributed by atoms with Gasteiger partial charge >= 0.3 is 18.2 Å². The second-order valence-electron chi connectivity index (χ2n) is 5.95. The second kappa shape index (κ2) is 7.94. The molecule has 0 aliphatic carbocycles. The van der Waals surface area contributed by atoms with Gasteiger partial charge < -0.3 is 4.74 Å². The molecule has 0 fully saturated rings. The van der Waals surface area contributed by atoms with Crippen molar-refractivity contribution in [1.82, 2.24) is 9.97 Å². The molecule has 2 aromatic rings. The molecule has 3 rings (SSSR count). The van der Waals surface area contributed by atoms with Crippen molar-refractivity contribution in [2.75, 3.05) is 17.2 Å². The maximum atomic E-state index is 13.5. The molecule has 29 heavy (non-hydrogen) atoms. The van der Waals surface area contributed by atoms with Gasteiger partial charge in [-0.25, -0.2) is 9.78 Å². The molecule has 1 aliphatic rings. The van der Waals surface area contributed by atoms with Gasteiger partial charge in [-0.1, -0.05) is 18.5 Å². The van der Waals surface area contributed by atoms with Crippen LogP contribution in [0, 0.1) is 0 Å². The van der Waals surface area contributed by atoms with E-state index in [2.05, 4.69) is 9.97 Å². The molecule has 1 aliphatic heterocycles. The normalized spacial score (nSPS) is 14.6. The van der Waals surface area contributed by atoms with Gasteiger partial charge in [0.15, 0.2) is 0 Å². The van der Waals surface area contributed by atoms with Crippen LogP contribution in [0.3, 0.4) is 0 Å². The molecule has 1 amide bonds. The van der Waals surface area contributed by atoms with Crippen LogP contribution in [0.5, 0.6) is 0 Å². The smallest absolute Gasteiger partial charge is 0.444 e. The van der Waals surface area contributed by atoms with Crippen LogP contribution in [0.1, 0.15) is 12.5 Å². The molecule has 0 saturated heterocycles.